The maximum absolute atomic E-state index is 9.37. The van der Waals surface area contributed by atoms with E-state index in [0.717, 1.165) is 11.5 Å². The number of ether oxygens (including phenoxy) is 1. The van der Waals surface area contributed by atoms with Gasteiger partial charge in [0.2, 0.25) is 10.3 Å². The first-order valence-electron chi connectivity index (χ1n) is 6.24. The number of aliphatic carboxylic acids is 1. The third-order valence-corrected chi connectivity index (χ3v) is 3.19. The molecule has 3 rings (SSSR count). The molecule has 5 nitrogen and oxygen atoms in total. The third-order valence-electron chi connectivity index (χ3n) is 2.79. The van der Waals surface area contributed by atoms with Crippen LogP contribution in [0.2, 0.25) is 0 Å². The minimum Gasteiger partial charge on any atom is -0.477 e. The van der Waals surface area contributed by atoms with Gasteiger partial charge in [-0.3, -0.25) is 0 Å². The van der Waals surface area contributed by atoms with Gasteiger partial charge in [0.1, 0.15) is 16.9 Å². The van der Waals surface area contributed by atoms with E-state index in [9.17, 15) is 13.2 Å². The number of fused-ring (bicyclic) bond motifs is 2. The number of hydrogen-bond donors (Lipinski definition) is 1. The lowest BCUT2D eigenvalue weighted by Crippen LogP contribution is -2.10. The molecule has 2 aliphatic rings. The van der Waals surface area contributed by atoms with Crippen LogP contribution in [0.1, 0.15) is 50.7 Å². The Balaban J connectivity index is 0.000000246. The highest BCUT2D eigenvalue weighted by molar-refractivity contribution is 7.73. The molecule has 0 amide bonds. The van der Waals surface area contributed by atoms with Gasteiger partial charge >= 0.3 is 5.97 Å². The summed E-state index contributed by atoms with van der Waals surface area (Å²) in [6, 6.07) is 4.28. The smallest absolute Gasteiger partial charge is 0.343 e. The quantitative estimate of drug-likeness (QED) is 0.881. The van der Waals surface area contributed by atoms with Gasteiger partial charge in [-0.2, -0.15) is 8.42 Å². The monoisotopic (exact) mass is 298 g/mol. The van der Waals surface area contributed by atoms with Crippen LogP contribution in [0.3, 0.4) is 0 Å². The standard InChI is InChI=1S/C12H16O.C2H2O4S/c1-7(2)9-5-6-10-11(8(3)4)12(9)13-10;3-2(4)1-7(5)6/h5-8H,1-4H3;1H,(H,3,4). The van der Waals surface area contributed by atoms with E-state index in [4.69, 9.17) is 9.84 Å². The van der Waals surface area contributed by atoms with Crippen molar-refractivity contribution in [2.45, 2.75) is 39.5 Å². The van der Waals surface area contributed by atoms with E-state index in [1.807, 2.05) is 0 Å². The Morgan fingerprint density at radius 1 is 1.20 bits per heavy atom. The predicted molar refractivity (Wildman–Crippen MR) is 77.3 cm³/mol. The largest absolute Gasteiger partial charge is 0.477 e. The Bertz CT molecular complexity index is 621. The zero-order valence-electron chi connectivity index (χ0n) is 11.9. The molecule has 2 aliphatic heterocycles. The Morgan fingerprint density at radius 2 is 1.80 bits per heavy atom. The molecule has 1 aromatic rings. The molecule has 1 N–H and O–H groups in total. The van der Waals surface area contributed by atoms with Gasteiger partial charge in [0.05, 0.1) is 0 Å². The lowest BCUT2D eigenvalue weighted by molar-refractivity contribution is -0.128. The molecular formula is C14H18O5S. The Labute approximate surface area is 119 Å². The molecule has 1 aromatic carbocycles. The average molecular weight is 298 g/mol. The molecule has 0 radical (unpaired) electrons. The number of carbonyl (C=O) groups is 1. The molecular weight excluding hydrogens is 280 g/mol. The zero-order chi connectivity index (χ0) is 15.4. The summed E-state index contributed by atoms with van der Waals surface area (Å²) in [7, 11) is -2.57. The first-order chi connectivity index (χ1) is 9.23. The molecule has 0 fully saturated rings. The molecule has 0 saturated heterocycles. The molecule has 0 atom stereocenters. The molecule has 0 aliphatic carbocycles. The van der Waals surface area contributed by atoms with Crippen LogP contribution in [0.15, 0.2) is 12.1 Å². The number of benzene rings is 1. The summed E-state index contributed by atoms with van der Waals surface area (Å²) in [5.41, 5.74) is 2.75. The van der Waals surface area contributed by atoms with E-state index in [-0.39, 0.29) is 5.37 Å². The molecule has 0 spiro atoms. The van der Waals surface area contributed by atoms with E-state index in [2.05, 4.69) is 39.8 Å². The number of rotatable bonds is 3. The van der Waals surface area contributed by atoms with Crippen LogP contribution in [0.4, 0.5) is 0 Å². The molecule has 0 aromatic heterocycles. The second-order valence-corrected chi connectivity index (χ2v) is 5.78. The lowest BCUT2D eigenvalue weighted by atomic mass is 9.90. The van der Waals surface area contributed by atoms with Crippen molar-refractivity contribution in [1.82, 2.24) is 0 Å². The summed E-state index contributed by atoms with van der Waals surface area (Å²) in [4.78, 5) is 9.36. The molecule has 110 valence electrons. The van der Waals surface area contributed by atoms with Gasteiger partial charge in [-0.15, -0.1) is 0 Å². The van der Waals surface area contributed by atoms with Crippen LogP contribution in [0, 0.1) is 0 Å². The molecule has 0 saturated carbocycles. The highest BCUT2D eigenvalue weighted by Crippen LogP contribution is 2.50. The maximum atomic E-state index is 9.37. The van der Waals surface area contributed by atoms with E-state index < -0.39 is 16.3 Å². The normalized spacial score (nSPS) is 11.1. The molecule has 2 heterocycles. The topological polar surface area (TPSA) is 80.7 Å². The van der Waals surface area contributed by atoms with Crippen LogP contribution in [0.5, 0.6) is 11.5 Å². The number of carboxylic acids is 1. The fraction of sp³-hybridized carbons (Fsp3) is 0.429. The van der Waals surface area contributed by atoms with Gasteiger partial charge in [0.25, 0.3) is 0 Å². The van der Waals surface area contributed by atoms with Gasteiger partial charge < -0.3 is 9.84 Å². The number of hydrogen-bond acceptors (Lipinski definition) is 4. The van der Waals surface area contributed by atoms with Crippen molar-refractivity contribution in [2.75, 3.05) is 0 Å². The summed E-state index contributed by atoms with van der Waals surface area (Å²) in [5, 5.41) is 7.80. The Kier molecular flexibility index (Phi) is 5.33. The number of carboxylic acid groups (broad SMARTS) is 1. The maximum Gasteiger partial charge on any atom is 0.343 e. The summed E-state index contributed by atoms with van der Waals surface area (Å²) < 4.78 is 24.3. The minimum absolute atomic E-state index is 0.167. The van der Waals surface area contributed by atoms with Crippen molar-refractivity contribution < 1.29 is 23.1 Å². The van der Waals surface area contributed by atoms with E-state index in [1.54, 1.807) is 0 Å². The van der Waals surface area contributed by atoms with E-state index in [1.165, 1.54) is 11.1 Å². The second-order valence-electron chi connectivity index (χ2n) is 5.02. The first kappa shape index (κ1) is 16.2. The van der Waals surface area contributed by atoms with Crippen LogP contribution in [-0.2, 0) is 15.1 Å². The molecule has 6 heteroatoms. The van der Waals surface area contributed by atoms with Gasteiger partial charge in [-0.05, 0) is 23.5 Å². The van der Waals surface area contributed by atoms with Crippen LogP contribution in [0.25, 0.3) is 0 Å². The van der Waals surface area contributed by atoms with Crippen molar-refractivity contribution in [2.24, 2.45) is 0 Å². The first-order valence-corrected chi connectivity index (χ1v) is 7.38. The van der Waals surface area contributed by atoms with Crippen molar-refractivity contribution in [3.63, 3.8) is 0 Å². The highest BCUT2D eigenvalue weighted by atomic mass is 32.2. The van der Waals surface area contributed by atoms with E-state index in [0.29, 0.717) is 11.8 Å². The second kappa shape index (κ2) is 6.56. The zero-order valence-corrected chi connectivity index (χ0v) is 12.7. The van der Waals surface area contributed by atoms with Crippen molar-refractivity contribution in [3.8, 4) is 11.5 Å². The summed E-state index contributed by atoms with van der Waals surface area (Å²) in [5.74, 6) is 1.91. The molecule has 20 heavy (non-hydrogen) atoms. The summed E-state index contributed by atoms with van der Waals surface area (Å²) in [6.07, 6.45) is 0. The summed E-state index contributed by atoms with van der Waals surface area (Å²) >= 11 is 0. The van der Waals surface area contributed by atoms with Crippen LogP contribution >= 0.6 is 0 Å². The average Bonchev–Trinajstić information content (AvgIpc) is 2.26. The minimum atomic E-state index is -2.57. The van der Waals surface area contributed by atoms with Gasteiger partial charge in [-0.25, -0.2) is 4.79 Å². The van der Waals surface area contributed by atoms with Gasteiger partial charge in [-0.1, -0.05) is 33.8 Å². The summed E-state index contributed by atoms with van der Waals surface area (Å²) in [6.45, 7) is 8.85. The SMILES string of the molecule is CC(C)c1ccc2c(C(C)C)c1O2.O=C(O)C=S(=O)=O. The van der Waals surface area contributed by atoms with E-state index >= 15 is 0 Å². The Morgan fingerprint density at radius 3 is 2.10 bits per heavy atom. The van der Waals surface area contributed by atoms with Crippen molar-refractivity contribution >= 4 is 21.6 Å². The fourth-order valence-corrected chi connectivity index (χ4v) is 2.11. The fourth-order valence-electron chi connectivity index (χ4n) is 1.95. The lowest BCUT2D eigenvalue weighted by Gasteiger charge is -2.30. The Hall–Kier alpha value is -1.82. The molecule has 2 bridgehead atoms. The van der Waals surface area contributed by atoms with Crippen LogP contribution < -0.4 is 4.74 Å². The van der Waals surface area contributed by atoms with Crippen molar-refractivity contribution in [3.05, 3.63) is 23.3 Å². The predicted octanol–water partition coefficient (Wildman–Crippen LogP) is 2.79. The van der Waals surface area contributed by atoms with Crippen LogP contribution in [-0.4, -0.2) is 24.9 Å². The van der Waals surface area contributed by atoms with Crippen molar-refractivity contribution in [1.29, 1.82) is 0 Å². The third kappa shape index (κ3) is 3.84. The highest BCUT2D eigenvalue weighted by Gasteiger charge is 2.28. The molecule has 0 unspecified atom stereocenters. The van der Waals surface area contributed by atoms with Gasteiger partial charge in [0, 0.05) is 5.56 Å². The van der Waals surface area contributed by atoms with Gasteiger partial charge in [0.15, 0.2) is 0 Å².